The van der Waals surface area contributed by atoms with E-state index in [2.05, 4.69) is 41.4 Å². The van der Waals surface area contributed by atoms with Crippen LogP contribution in [-0.4, -0.2) is 159 Å². The Labute approximate surface area is 297 Å². The van der Waals surface area contributed by atoms with E-state index in [1.54, 1.807) is 13.8 Å². The fourth-order valence-corrected chi connectivity index (χ4v) is 4.04. The van der Waals surface area contributed by atoms with Crippen LogP contribution in [0, 0.1) is 0 Å². The number of hydrogen-bond donors (Lipinski definition) is 12. The molecule has 0 heterocycles. The van der Waals surface area contributed by atoms with Gasteiger partial charge >= 0.3 is 46.5 Å². The minimum absolute atomic E-state index is 0. The molecule has 0 bridgehead atoms. The molecule has 25 nitrogen and oxygen atoms in total. The Morgan fingerprint density at radius 3 is 1.16 bits per heavy atom. The maximum Gasteiger partial charge on any atom is 0.367 e. The smallest absolute Gasteiger partial charge is 0.367 e. The Morgan fingerprint density at radius 2 is 0.902 bits per heavy atom. The zero-order valence-corrected chi connectivity index (χ0v) is 28.8. The number of nitrogens with one attached hydrogen (secondary N) is 6. The topological polar surface area (TPSA) is 426 Å². The van der Waals surface area contributed by atoms with Gasteiger partial charge < -0.3 is 78.7 Å². The van der Waals surface area contributed by atoms with E-state index in [-0.39, 0.29) is 30.2 Å². The van der Waals surface area contributed by atoms with Crippen LogP contribution in [0.1, 0.15) is 13.8 Å². The number of aliphatic carboxylic acids is 4. The van der Waals surface area contributed by atoms with Crippen LogP contribution in [0.3, 0.4) is 0 Å². The molecule has 0 aliphatic rings. The zero-order chi connectivity index (χ0) is 38.8. The number of ether oxygens (including phenoxy) is 2. The molecule has 0 aliphatic heterocycles. The second-order valence-corrected chi connectivity index (χ2v) is 10.8. The van der Waals surface area contributed by atoms with E-state index in [4.69, 9.17) is 31.9 Å². The van der Waals surface area contributed by atoms with Crippen molar-refractivity contribution >= 4 is 81.9 Å². The highest BCUT2D eigenvalue weighted by Crippen LogP contribution is 2.09. The van der Waals surface area contributed by atoms with Gasteiger partial charge in [-0.05, 0) is 37.4 Å². The number of carbonyl (C=O) groups excluding carboxylic acids is 6. The molecule has 51 heavy (non-hydrogen) atoms. The lowest BCUT2D eigenvalue weighted by atomic mass is 10.3. The van der Waals surface area contributed by atoms with Crippen molar-refractivity contribution in [3.63, 3.8) is 0 Å². The standard InChI is InChI=1S/2C12H20N4O8S.H2O/c2*1-2-24-12(23)25-5-7(9(19)14-4-8(17)18)16-11(22)15-3-6(13)10(20)21;/h2*6-7H,2-5,13H2,1H3,(H,14,19)(H,17,18)(H,20,21)(H2,15,16,22);1H2/t2*6-,7-;/m00./s1. The highest BCUT2D eigenvalue weighted by Gasteiger charge is 2.25. The number of carboxylic acids is 4. The summed E-state index contributed by atoms with van der Waals surface area (Å²) < 4.78 is 9.34. The third kappa shape index (κ3) is 27.4. The summed E-state index contributed by atoms with van der Waals surface area (Å²) in [7, 11) is 0. The molecule has 0 aromatic carbocycles. The lowest BCUT2D eigenvalue weighted by molar-refractivity contribution is -0.139. The molecular weight excluding hydrogens is 736 g/mol. The first-order valence-corrected chi connectivity index (χ1v) is 15.9. The molecule has 0 radical (unpaired) electrons. The molecule has 0 fully saturated rings. The highest BCUT2D eigenvalue weighted by molar-refractivity contribution is 8.13. The summed E-state index contributed by atoms with van der Waals surface area (Å²) in [5.74, 6) is -7.34. The molecule has 0 rings (SSSR count). The van der Waals surface area contributed by atoms with Crippen LogP contribution in [0.4, 0.5) is 19.2 Å². The van der Waals surface area contributed by atoms with Crippen LogP contribution in [-0.2, 0) is 38.2 Å². The number of thioether (sulfide) groups is 2. The van der Waals surface area contributed by atoms with Gasteiger partial charge in [-0.1, -0.05) is 0 Å². The molecule has 0 saturated carbocycles. The number of carbonyl (C=O) groups is 10. The van der Waals surface area contributed by atoms with Crippen molar-refractivity contribution in [1.82, 2.24) is 31.9 Å². The number of urea groups is 2. The number of carboxylic acid groups (broad SMARTS) is 4. The molecule has 292 valence electrons. The van der Waals surface area contributed by atoms with E-state index in [1.165, 1.54) is 0 Å². The molecule has 0 aromatic heterocycles. The Bertz CT molecular complexity index is 1120. The first kappa shape index (κ1) is 50.3. The number of rotatable bonds is 20. The summed E-state index contributed by atoms with van der Waals surface area (Å²) in [6, 6.07) is -6.99. The average Bonchev–Trinajstić information content (AvgIpc) is 3.04. The largest absolute Gasteiger partial charge is 0.480 e. The summed E-state index contributed by atoms with van der Waals surface area (Å²) in [5, 5.41) is 45.8. The number of amides is 6. The summed E-state index contributed by atoms with van der Waals surface area (Å²) >= 11 is 1.22. The quantitative estimate of drug-likeness (QED) is 0.0518. The van der Waals surface area contributed by atoms with E-state index in [0.717, 1.165) is 0 Å². The fourth-order valence-electron chi connectivity index (χ4n) is 2.56. The number of hydrogen-bond acceptors (Lipinski definition) is 16. The lowest BCUT2D eigenvalue weighted by Crippen LogP contribution is -2.54. The predicted molar refractivity (Wildman–Crippen MR) is 176 cm³/mol. The summed E-state index contributed by atoms with van der Waals surface area (Å²) in [6.07, 6.45) is 0. The second kappa shape index (κ2) is 28.7. The molecule has 27 heteroatoms. The monoisotopic (exact) mass is 778 g/mol. The van der Waals surface area contributed by atoms with Crippen molar-refractivity contribution in [3.05, 3.63) is 0 Å². The molecular formula is C24H42N8O17S2. The summed E-state index contributed by atoms with van der Waals surface area (Å²) in [6.45, 7) is 1.30. The van der Waals surface area contributed by atoms with Gasteiger partial charge in [-0.15, -0.1) is 0 Å². The van der Waals surface area contributed by atoms with Crippen molar-refractivity contribution < 1.29 is 83.3 Å². The molecule has 0 aliphatic carbocycles. The SMILES string of the molecule is CCOC(=O)SC[C@H](NC(=O)NC[C@H](N)C(=O)O)C(=O)NCC(=O)O.CCOC(=O)SC[C@H](NC(=O)NC[C@H](N)C(=O)O)C(=O)NCC(=O)O.O. The average molecular weight is 779 g/mol. The third-order valence-electron chi connectivity index (χ3n) is 4.93. The molecule has 6 amide bonds. The van der Waals surface area contributed by atoms with Gasteiger partial charge in [-0.25, -0.2) is 19.2 Å². The van der Waals surface area contributed by atoms with E-state index in [0.29, 0.717) is 23.5 Å². The first-order valence-electron chi connectivity index (χ1n) is 14.0. The van der Waals surface area contributed by atoms with Crippen molar-refractivity contribution in [2.75, 3.05) is 50.9 Å². The number of nitrogens with two attached hydrogens (primary N) is 2. The van der Waals surface area contributed by atoms with Crippen molar-refractivity contribution in [1.29, 1.82) is 0 Å². The van der Waals surface area contributed by atoms with E-state index < -0.39 is 109 Å². The highest BCUT2D eigenvalue weighted by atomic mass is 32.2. The van der Waals surface area contributed by atoms with Crippen molar-refractivity contribution in [2.45, 2.75) is 38.0 Å². The second-order valence-electron chi connectivity index (χ2n) is 8.91. The van der Waals surface area contributed by atoms with Gasteiger partial charge in [0.25, 0.3) is 0 Å². The predicted octanol–water partition coefficient (Wildman–Crippen LogP) is -4.51. The Morgan fingerprint density at radius 1 is 0.588 bits per heavy atom. The van der Waals surface area contributed by atoms with Crippen LogP contribution in [0.2, 0.25) is 0 Å². The molecule has 0 saturated heterocycles. The molecule has 4 atom stereocenters. The maximum absolute atomic E-state index is 11.9. The van der Waals surface area contributed by atoms with Crippen molar-refractivity contribution in [2.24, 2.45) is 11.5 Å². The first-order chi connectivity index (χ1) is 23.3. The molecule has 0 spiro atoms. The van der Waals surface area contributed by atoms with E-state index >= 15 is 0 Å². The van der Waals surface area contributed by atoms with Crippen LogP contribution in [0.25, 0.3) is 0 Å². The van der Waals surface area contributed by atoms with E-state index in [9.17, 15) is 47.9 Å². The van der Waals surface area contributed by atoms with Gasteiger partial charge in [0.2, 0.25) is 11.8 Å². The van der Waals surface area contributed by atoms with Gasteiger partial charge in [0, 0.05) is 24.6 Å². The Balaban J connectivity index is -0.000000886. The lowest BCUT2D eigenvalue weighted by Gasteiger charge is -2.18. The van der Waals surface area contributed by atoms with Crippen LogP contribution in [0.15, 0.2) is 0 Å². The van der Waals surface area contributed by atoms with E-state index in [1.807, 2.05) is 0 Å². The summed E-state index contributed by atoms with van der Waals surface area (Å²) in [4.78, 5) is 112. The minimum atomic E-state index is -1.33. The molecule has 0 unspecified atom stereocenters. The van der Waals surface area contributed by atoms with Crippen LogP contribution >= 0.6 is 23.5 Å². The van der Waals surface area contributed by atoms with Gasteiger partial charge in [-0.2, -0.15) is 0 Å². The van der Waals surface area contributed by atoms with Gasteiger partial charge in [-0.3, -0.25) is 28.8 Å². The van der Waals surface area contributed by atoms with Gasteiger partial charge in [0.15, 0.2) is 0 Å². The normalized spacial score (nSPS) is 12.2. The Hall–Kier alpha value is -5.12. The van der Waals surface area contributed by atoms with Gasteiger partial charge in [0.05, 0.1) is 13.2 Å². The molecule has 16 N–H and O–H groups in total. The van der Waals surface area contributed by atoms with Crippen molar-refractivity contribution in [3.8, 4) is 0 Å². The van der Waals surface area contributed by atoms with Gasteiger partial charge in [0.1, 0.15) is 37.3 Å². The Kier molecular flexibility index (Phi) is 28.3. The fraction of sp³-hybridized carbons (Fsp3) is 0.583. The van der Waals surface area contributed by atoms with Crippen LogP contribution < -0.4 is 43.4 Å². The maximum atomic E-state index is 11.9. The zero-order valence-electron chi connectivity index (χ0n) is 27.1. The third-order valence-corrected chi connectivity index (χ3v) is 6.64. The van der Waals surface area contributed by atoms with Crippen LogP contribution in [0.5, 0.6) is 0 Å². The molecule has 0 aromatic rings. The summed E-state index contributed by atoms with van der Waals surface area (Å²) in [5.41, 5.74) is 10.4. The minimum Gasteiger partial charge on any atom is -0.480 e.